The first-order valence-electron chi connectivity index (χ1n) is 6.48. The molecule has 0 radical (unpaired) electrons. The lowest BCUT2D eigenvalue weighted by Gasteiger charge is -2.05. The van der Waals surface area contributed by atoms with Crippen molar-refractivity contribution in [1.82, 2.24) is 14.0 Å². The zero-order valence-electron chi connectivity index (χ0n) is 11.8. The van der Waals surface area contributed by atoms with Crippen molar-refractivity contribution < 1.29 is 4.74 Å². The highest BCUT2D eigenvalue weighted by molar-refractivity contribution is 7.98. The van der Waals surface area contributed by atoms with Crippen LogP contribution in [-0.4, -0.2) is 21.1 Å². The summed E-state index contributed by atoms with van der Waals surface area (Å²) in [5, 5.41) is 1.01. The number of thioether (sulfide) groups is 1. The molecule has 1 aromatic carbocycles. The quantitative estimate of drug-likeness (QED) is 0.694. The minimum atomic E-state index is -0.0557. The summed E-state index contributed by atoms with van der Waals surface area (Å²) in [5.74, 6) is 2.34. The monoisotopic (exact) mass is 301 g/mol. The number of hydrogen-bond donors (Lipinski definition) is 0. The van der Waals surface area contributed by atoms with Gasteiger partial charge in [-0.25, -0.2) is 4.98 Å². The molecule has 2 heterocycles. The Morgan fingerprint density at radius 2 is 2.00 bits per heavy atom. The molecule has 0 saturated heterocycles. The Bertz CT molecular complexity index is 821. The highest BCUT2D eigenvalue weighted by atomic mass is 32.2. The van der Waals surface area contributed by atoms with Crippen molar-refractivity contribution in [3.8, 4) is 5.75 Å². The van der Waals surface area contributed by atoms with Gasteiger partial charge in [-0.2, -0.15) is 0 Å². The molecule has 0 bridgehead atoms. The van der Waals surface area contributed by atoms with Crippen molar-refractivity contribution in [3.05, 3.63) is 58.6 Å². The molecule has 0 aliphatic carbocycles. The molecule has 0 aliphatic rings. The lowest BCUT2D eigenvalue weighted by Crippen LogP contribution is -2.17. The van der Waals surface area contributed by atoms with E-state index in [1.807, 2.05) is 28.7 Å². The Kier molecular flexibility index (Phi) is 3.70. The van der Waals surface area contributed by atoms with Crippen LogP contribution in [0.1, 0.15) is 5.56 Å². The molecule has 3 aromatic rings. The van der Waals surface area contributed by atoms with Crippen LogP contribution in [0, 0.1) is 0 Å². The van der Waals surface area contributed by atoms with Gasteiger partial charge >= 0.3 is 0 Å². The van der Waals surface area contributed by atoms with Crippen LogP contribution in [0.5, 0.6) is 5.75 Å². The number of methoxy groups -OCH3 is 1. The fourth-order valence-corrected chi connectivity index (χ4v) is 2.97. The Morgan fingerprint density at radius 3 is 2.71 bits per heavy atom. The summed E-state index contributed by atoms with van der Waals surface area (Å²) in [6.45, 7) is 0. The van der Waals surface area contributed by atoms with Crippen LogP contribution in [-0.2, 0) is 12.8 Å². The Hall–Kier alpha value is -2.21. The molecule has 0 N–H and O–H groups in total. The van der Waals surface area contributed by atoms with Crippen molar-refractivity contribution in [2.75, 3.05) is 7.11 Å². The van der Waals surface area contributed by atoms with Crippen molar-refractivity contribution in [2.45, 2.75) is 10.8 Å². The SMILES string of the molecule is COc1ccc(CSc2cnc3n(C)c(=O)ccn23)cc1. The first-order chi connectivity index (χ1) is 10.2. The van der Waals surface area contributed by atoms with E-state index in [0.717, 1.165) is 16.5 Å². The average Bonchev–Trinajstić information content (AvgIpc) is 2.93. The van der Waals surface area contributed by atoms with Crippen LogP contribution in [0.3, 0.4) is 0 Å². The fourth-order valence-electron chi connectivity index (χ4n) is 2.06. The van der Waals surface area contributed by atoms with Gasteiger partial charge < -0.3 is 4.74 Å². The van der Waals surface area contributed by atoms with Crippen molar-refractivity contribution in [2.24, 2.45) is 7.05 Å². The largest absolute Gasteiger partial charge is 0.497 e. The van der Waals surface area contributed by atoms with E-state index in [9.17, 15) is 4.79 Å². The number of aryl methyl sites for hydroxylation is 1. The third kappa shape index (κ3) is 2.67. The van der Waals surface area contributed by atoms with E-state index in [1.165, 1.54) is 10.1 Å². The Labute approximate surface area is 126 Å². The normalized spacial score (nSPS) is 11.0. The number of nitrogens with zero attached hydrogens (tertiary/aromatic N) is 3. The molecule has 0 fully saturated rings. The van der Waals surface area contributed by atoms with Crippen LogP contribution >= 0.6 is 11.8 Å². The molecule has 108 valence electrons. The van der Waals surface area contributed by atoms with Gasteiger partial charge in [0.2, 0.25) is 5.78 Å². The smallest absolute Gasteiger partial charge is 0.254 e. The van der Waals surface area contributed by atoms with Gasteiger partial charge in [-0.05, 0) is 17.7 Å². The summed E-state index contributed by atoms with van der Waals surface area (Å²) in [7, 11) is 3.38. The van der Waals surface area contributed by atoms with Gasteiger partial charge in [-0.1, -0.05) is 12.1 Å². The van der Waals surface area contributed by atoms with Gasteiger partial charge in [-0.3, -0.25) is 13.8 Å². The van der Waals surface area contributed by atoms with Gasteiger partial charge in [0.25, 0.3) is 5.56 Å². The number of ether oxygens (including phenoxy) is 1. The maximum absolute atomic E-state index is 11.6. The van der Waals surface area contributed by atoms with Crippen LogP contribution in [0.2, 0.25) is 0 Å². The second kappa shape index (κ2) is 5.65. The van der Waals surface area contributed by atoms with Gasteiger partial charge in [0.05, 0.1) is 13.3 Å². The topological polar surface area (TPSA) is 48.5 Å². The van der Waals surface area contributed by atoms with Gasteiger partial charge in [0, 0.05) is 25.1 Å². The van der Waals surface area contributed by atoms with E-state index in [-0.39, 0.29) is 5.56 Å². The second-order valence-electron chi connectivity index (χ2n) is 4.62. The lowest BCUT2D eigenvalue weighted by molar-refractivity contribution is 0.414. The maximum atomic E-state index is 11.6. The van der Waals surface area contributed by atoms with Crippen LogP contribution in [0.25, 0.3) is 5.78 Å². The van der Waals surface area contributed by atoms with Crippen molar-refractivity contribution >= 4 is 17.5 Å². The molecule has 0 aliphatic heterocycles. The van der Waals surface area contributed by atoms with Crippen LogP contribution in [0.15, 0.2) is 52.5 Å². The van der Waals surface area contributed by atoms with E-state index in [0.29, 0.717) is 5.78 Å². The highest BCUT2D eigenvalue weighted by Gasteiger charge is 2.07. The first kappa shape index (κ1) is 13.8. The molecule has 3 rings (SSSR count). The zero-order valence-corrected chi connectivity index (χ0v) is 12.6. The van der Waals surface area contributed by atoms with Crippen molar-refractivity contribution in [1.29, 1.82) is 0 Å². The van der Waals surface area contributed by atoms with Gasteiger partial charge in [0.15, 0.2) is 0 Å². The molecule has 2 aromatic heterocycles. The number of rotatable bonds is 4. The number of imidazole rings is 1. The zero-order chi connectivity index (χ0) is 14.8. The standard InChI is InChI=1S/C15H15N3O2S/c1-17-13(19)7-8-18-14(9-16-15(17)18)21-10-11-3-5-12(20-2)6-4-11/h3-9H,10H2,1-2H3. The molecule has 5 nitrogen and oxygen atoms in total. The number of aromatic nitrogens is 3. The average molecular weight is 301 g/mol. The second-order valence-corrected chi connectivity index (χ2v) is 5.61. The summed E-state index contributed by atoms with van der Waals surface area (Å²) < 4.78 is 8.61. The highest BCUT2D eigenvalue weighted by Crippen LogP contribution is 2.24. The third-order valence-corrected chi connectivity index (χ3v) is 4.36. The summed E-state index contributed by atoms with van der Waals surface area (Å²) in [4.78, 5) is 15.9. The minimum absolute atomic E-state index is 0.0557. The third-order valence-electron chi connectivity index (χ3n) is 3.29. The molecule has 0 saturated carbocycles. The van der Waals surface area contributed by atoms with E-state index in [2.05, 4.69) is 4.98 Å². The predicted octanol–water partition coefficient (Wildman–Crippen LogP) is 2.33. The summed E-state index contributed by atoms with van der Waals surface area (Å²) in [6.07, 6.45) is 3.56. The summed E-state index contributed by atoms with van der Waals surface area (Å²) in [6, 6.07) is 9.55. The fraction of sp³-hybridized carbons (Fsp3) is 0.200. The van der Waals surface area contributed by atoms with Gasteiger partial charge in [-0.15, -0.1) is 11.8 Å². The van der Waals surface area contributed by atoms with Crippen LogP contribution in [0.4, 0.5) is 0 Å². The molecular formula is C15H15N3O2S. The summed E-state index contributed by atoms with van der Waals surface area (Å²) in [5.41, 5.74) is 1.15. The van der Waals surface area contributed by atoms with E-state index in [1.54, 1.807) is 44.4 Å². The van der Waals surface area contributed by atoms with E-state index >= 15 is 0 Å². The number of benzene rings is 1. The Morgan fingerprint density at radius 1 is 1.24 bits per heavy atom. The maximum Gasteiger partial charge on any atom is 0.254 e. The molecule has 0 unspecified atom stereocenters. The lowest BCUT2D eigenvalue weighted by atomic mass is 10.2. The summed E-state index contributed by atoms with van der Waals surface area (Å²) >= 11 is 1.68. The molecule has 0 spiro atoms. The Balaban J connectivity index is 1.82. The number of fused-ring (bicyclic) bond motifs is 1. The van der Waals surface area contributed by atoms with E-state index in [4.69, 9.17) is 4.74 Å². The minimum Gasteiger partial charge on any atom is -0.497 e. The predicted molar refractivity (Wildman–Crippen MR) is 83.0 cm³/mol. The van der Waals surface area contributed by atoms with Crippen LogP contribution < -0.4 is 10.3 Å². The molecule has 6 heteroatoms. The molecule has 21 heavy (non-hydrogen) atoms. The molecule has 0 amide bonds. The molecule has 0 atom stereocenters. The van der Waals surface area contributed by atoms with E-state index < -0.39 is 0 Å². The molecular weight excluding hydrogens is 286 g/mol. The van der Waals surface area contributed by atoms with Crippen molar-refractivity contribution in [3.63, 3.8) is 0 Å². The van der Waals surface area contributed by atoms with Gasteiger partial charge in [0.1, 0.15) is 10.8 Å². The number of hydrogen-bond acceptors (Lipinski definition) is 4. The first-order valence-corrected chi connectivity index (χ1v) is 7.46.